The lowest BCUT2D eigenvalue weighted by molar-refractivity contribution is 0.0601. The first-order chi connectivity index (χ1) is 9.11. The third-order valence-corrected chi connectivity index (χ3v) is 2.58. The first-order valence-corrected chi connectivity index (χ1v) is 5.69. The van der Waals surface area contributed by atoms with Gasteiger partial charge in [0.2, 0.25) is 0 Å². The molecule has 0 saturated heterocycles. The van der Waals surface area contributed by atoms with Crippen molar-refractivity contribution in [3.05, 3.63) is 47.8 Å². The van der Waals surface area contributed by atoms with Crippen LogP contribution in [0.1, 0.15) is 16.1 Å². The molecule has 98 valence electrons. The van der Waals surface area contributed by atoms with Crippen LogP contribution in [0.5, 0.6) is 11.5 Å². The highest BCUT2D eigenvalue weighted by atomic mass is 16.5. The van der Waals surface area contributed by atoms with Gasteiger partial charge in [-0.25, -0.2) is 4.79 Å². The minimum Gasteiger partial charge on any atom is -0.465 e. The molecule has 0 bridgehead atoms. The molecule has 19 heavy (non-hydrogen) atoms. The maximum absolute atomic E-state index is 11.5. The minimum atomic E-state index is -0.495. The maximum atomic E-state index is 11.5. The maximum Gasteiger partial charge on any atom is 0.340 e. The number of hydrogen-bond acceptors (Lipinski definition) is 5. The van der Waals surface area contributed by atoms with Crippen LogP contribution in [0.2, 0.25) is 0 Å². The van der Waals surface area contributed by atoms with E-state index in [0.717, 1.165) is 5.69 Å². The highest BCUT2D eigenvalue weighted by molar-refractivity contribution is 5.96. The number of aryl methyl sites for hydroxylation is 1. The van der Waals surface area contributed by atoms with E-state index in [2.05, 4.69) is 9.72 Å². The minimum absolute atomic E-state index is 0.245. The molecule has 5 nitrogen and oxygen atoms in total. The number of methoxy groups -OCH3 is 1. The van der Waals surface area contributed by atoms with Crippen molar-refractivity contribution < 1.29 is 14.3 Å². The number of hydrogen-bond donors (Lipinski definition) is 1. The van der Waals surface area contributed by atoms with Crippen LogP contribution in [-0.2, 0) is 4.74 Å². The molecule has 0 radical (unpaired) electrons. The van der Waals surface area contributed by atoms with E-state index in [1.807, 2.05) is 13.0 Å². The summed E-state index contributed by atoms with van der Waals surface area (Å²) in [6.45, 7) is 1.88. The first-order valence-electron chi connectivity index (χ1n) is 5.69. The molecule has 0 spiro atoms. The van der Waals surface area contributed by atoms with E-state index in [1.54, 1.807) is 30.5 Å². The number of pyridine rings is 1. The number of carbonyl (C=O) groups is 1. The van der Waals surface area contributed by atoms with Crippen LogP contribution < -0.4 is 10.5 Å². The van der Waals surface area contributed by atoms with E-state index >= 15 is 0 Å². The fourth-order valence-corrected chi connectivity index (χ4v) is 1.56. The van der Waals surface area contributed by atoms with Crippen LogP contribution in [0.25, 0.3) is 0 Å². The zero-order valence-electron chi connectivity index (χ0n) is 10.7. The van der Waals surface area contributed by atoms with Crippen LogP contribution in [-0.4, -0.2) is 18.1 Å². The predicted octanol–water partition coefficient (Wildman–Crippen LogP) is 2.55. The van der Waals surface area contributed by atoms with E-state index in [9.17, 15) is 4.79 Å². The number of anilines is 1. The molecule has 0 unspecified atom stereocenters. The second kappa shape index (κ2) is 5.39. The molecule has 0 amide bonds. The zero-order chi connectivity index (χ0) is 13.8. The summed E-state index contributed by atoms with van der Waals surface area (Å²) in [6.07, 6.45) is 1.60. The number of nitrogen functional groups attached to an aromatic ring is 1. The second-order valence-electron chi connectivity index (χ2n) is 3.95. The number of benzene rings is 1. The Hall–Kier alpha value is -2.56. The number of nitrogens with zero attached hydrogens (tertiary/aromatic N) is 1. The summed E-state index contributed by atoms with van der Waals surface area (Å²) in [5.41, 5.74) is 7.31. The smallest absolute Gasteiger partial charge is 0.340 e. The molecule has 0 atom stereocenters. The molecule has 0 aliphatic heterocycles. The number of para-hydroxylation sites is 1. The third-order valence-electron chi connectivity index (χ3n) is 2.58. The fourth-order valence-electron chi connectivity index (χ4n) is 1.56. The van der Waals surface area contributed by atoms with Crippen LogP contribution in [0.3, 0.4) is 0 Å². The molecule has 2 N–H and O–H groups in total. The predicted molar refractivity (Wildman–Crippen MR) is 71.2 cm³/mol. The van der Waals surface area contributed by atoms with Gasteiger partial charge in [0, 0.05) is 5.69 Å². The van der Waals surface area contributed by atoms with Gasteiger partial charge in [-0.2, -0.15) is 0 Å². The third kappa shape index (κ3) is 2.82. The number of carbonyl (C=O) groups excluding carboxylic acids is 1. The lowest BCUT2D eigenvalue weighted by Crippen LogP contribution is -2.06. The monoisotopic (exact) mass is 258 g/mol. The van der Waals surface area contributed by atoms with Gasteiger partial charge in [0.05, 0.1) is 24.6 Å². The normalized spacial score (nSPS) is 10.0. The van der Waals surface area contributed by atoms with Crippen LogP contribution >= 0.6 is 0 Å². The molecule has 0 fully saturated rings. The summed E-state index contributed by atoms with van der Waals surface area (Å²) in [5, 5.41) is 0. The molecule has 1 aromatic carbocycles. The Morgan fingerprint density at radius 3 is 2.68 bits per heavy atom. The number of rotatable bonds is 3. The number of aromatic nitrogens is 1. The molecule has 2 aromatic rings. The molecule has 0 aliphatic rings. The van der Waals surface area contributed by atoms with Gasteiger partial charge in [0.25, 0.3) is 0 Å². The Labute approximate surface area is 111 Å². The number of ether oxygens (including phenoxy) is 2. The van der Waals surface area contributed by atoms with E-state index in [1.165, 1.54) is 7.11 Å². The average molecular weight is 258 g/mol. The first kappa shape index (κ1) is 12.9. The zero-order valence-corrected chi connectivity index (χ0v) is 10.7. The Kier molecular flexibility index (Phi) is 3.66. The van der Waals surface area contributed by atoms with Crippen molar-refractivity contribution >= 4 is 11.7 Å². The number of esters is 1. The van der Waals surface area contributed by atoms with Gasteiger partial charge in [-0.1, -0.05) is 6.07 Å². The fraction of sp³-hybridized carbons (Fsp3) is 0.143. The van der Waals surface area contributed by atoms with Crippen molar-refractivity contribution in [2.75, 3.05) is 12.8 Å². The summed E-state index contributed by atoms with van der Waals surface area (Å²) < 4.78 is 10.3. The molecular formula is C14H14N2O3. The summed E-state index contributed by atoms with van der Waals surface area (Å²) in [4.78, 5) is 15.6. The van der Waals surface area contributed by atoms with Crippen molar-refractivity contribution in [3.8, 4) is 11.5 Å². The lowest BCUT2D eigenvalue weighted by Gasteiger charge is -2.10. The quantitative estimate of drug-likeness (QED) is 0.676. The van der Waals surface area contributed by atoms with Gasteiger partial charge in [-0.05, 0) is 31.2 Å². The Balaban J connectivity index is 2.30. The van der Waals surface area contributed by atoms with E-state index < -0.39 is 5.97 Å². The van der Waals surface area contributed by atoms with Crippen LogP contribution in [0.4, 0.5) is 5.69 Å². The molecule has 0 aliphatic carbocycles. The summed E-state index contributed by atoms with van der Waals surface area (Å²) in [5.74, 6) is 0.456. The molecule has 2 rings (SSSR count). The standard InChI is InChI=1S/C14H14N2O3/c1-9-6-7-10(8-16-9)19-12-5-3-4-11(13(12)15)14(17)18-2/h3-8H,15H2,1-2H3. The van der Waals surface area contributed by atoms with Gasteiger partial charge in [-0.15, -0.1) is 0 Å². The van der Waals surface area contributed by atoms with E-state index in [0.29, 0.717) is 11.5 Å². The van der Waals surface area contributed by atoms with Gasteiger partial charge in [-0.3, -0.25) is 4.98 Å². The average Bonchev–Trinajstić information content (AvgIpc) is 2.43. The van der Waals surface area contributed by atoms with E-state index in [4.69, 9.17) is 10.5 Å². The van der Waals surface area contributed by atoms with Crippen molar-refractivity contribution in [2.45, 2.75) is 6.92 Å². The molecule has 1 aromatic heterocycles. The lowest BCUT2D eigenvalue weighted by atomic mass is 10.1. The summed E-state index contributed by atoms with van der Waals surface area (Å²) in [7, 11) is 1.30. The van der Waals surface area contributed by atoms with Gasteiger partial charge in [0.15, 0.2) is 5.75 Å². The van der Waals surface area contributed by atoms with Gasteiger partial charge >= 0.3 is 5.97 Å². The van der Waals surface area contributed by atoms with Crippen LogP contribution in [0.15, 0.2) is 36.5 Å². The van der Waals surface area contributed by atoms with Crippen molar-refractivity contribution in [1.29, 1.82) is 0 Å². The Morgan fingerprint density at radius 1 is 1.26 bits per heavy atom. The molecule has 0 saturated carbocycles. The van der Waals surface area contributed by atoms with Crippen molar-refractivity contribution in [2.24, 2.45) is 0 Å². The SMILES string of the molecule is COC(=O)c1cccc(Oc2ccc(C)nc2)c1N. The largest absolute Gasteiger partial charge is 0.465 e. The molecular weight excluding hydrogens is 244 g/mol. The van der Waals surface area contributed by atoms with Gasteiger partial charge in [0.1, 0.15) is 5.75 Å². The van der Waals surface area contributed by atoms with E-state index in [-0.39, 0.29) is 11.3 Å². The highest BCUT2D eigenvalue weighted by Gasteiger charge is 2.14. The van der Waals surface area contributed by atoms with Crippen LogP contribution in [0, 0.1) is 6.92 Å². The highest BCUT2D eigenvalue weighted by Crippen LogP contribution is 2.30. The van der Waals surface area contributed by atoms with Crippen molar-refractivity contribution in [1.82, 2.24) is 4.98 Å². The Morgan fingerprint density at radius 2 is 2.05 bits per heavy atom. The van der Waals surface area contributed by atoms with Gasteiger partial charge < -0.3 is 15.2 Å². The van der Waals surface area contributed by atoms with Crippen molar-refractivity contribution in [3.63, 3.8) is 0 Å². The summed E-state index contributed by atoms with van der Waals surface area (Å²) in [6, 6.07) is 8.56. The second-order valence-corrected chi connectivity index (χ2v) is 3.95. The topological polar surface area (TPSA) is 74.4 Å². The number of nitrogens with two attached hydrogens (primary N) is 1. The summed E-state index contributed by atoms with van der Waals surface area (Å²) >= 11 is 0. The Bertz CT molecular complexity index is 594. The molecule has 5 heteroatoms. The molecule has 1 heterocycles.